The Bertz CT molecular complexity index is 1170. The van der Waals surface area contributed by atoms with Crippen LogP contribution >= 0.6 is 24.0 Å². The highest BCUT2D eigenvalue weighted by Gasteiger charge is 2.09. The largest absolute Gasteiger partial charge is 0.495 e. The Balaban J connectivity index is 1.39. The number of rotatable bonds is 7. The van der Waals surface area contributed by atoms with E-state index >= 15 is 0 Å². The number of tetrazole rings is 1. The highest BCUT2D eigenvalue weighted by molar-refractivity contribution is 7.98. The second-order valence-corrected chi connectivity index (χ2v) is 7.90. The minimum atomic E-state index is 0.486. The Morgan fingerprint density at radius 3 is 2.65 bits per heavy atom. The summed E-state index contributed by atoms with van der Waals surface area (Å²) in [6, 6.07) is 25.5. The first-order valence-corrected chi connectivity index (χ1v) is 10.9. The van der Waals surface area contributed by atoms with Crippen molar-refractivity contribution in [1.82, 2.24) is 20.2 Å². The third-order valence-corrected chi connectivity index (χ3v) is 5.54. The normalized spacial score (nSPS) is 10.5. The Hall–Kier alpha value is -3.43. The Labute approximate surface area is 189 Å². The highest BCUT2D eigenvalue weighted by Crippen LogP contribution is 2.26. The fourth-order valence-corrected chi connectivity index (χ4v) is 4.00. The lowest BCUT2D eigenvalue weighted by atomic mass is 10.3. The number of benzene rings is 3. The first kappa shape index (κ1) is 20.8. The van der Waals surface area contributed by atoms with Crippen LogP contribution < -0.4 is 15.4 Å². The van der Waals surface area contributed by atoms with Crippen LogP contribution in [0.5, 0.6) is 5.75 Å². The molecule has 0 amide bonds. The van der Waals surface area contributed by atoms with Gasteiger partial charge < -0.3 is 15.4 Å². The van der Waals surface area contributed by atoms with Crippen molar-refractivity contribution >= 4 is 40.5 Å². The summed E-state index contributed by atoms with van der Waals surface area (Å²) in [7, 11) is 1.63. The van der Waals surface area contributed by atoms with Crippen molar-refractivity contribution in [3.8, 4) is 11.4 Å². The van der Waals surface area contributed by atoms with Crippen LogP contribution in [-0.2, 0) is 5.75 Å². The van der Waals surface area contributed by atoms with Gasteiger partial charge in [0.2, 0.25) is 0 Å². The number of hydrogen-bond acceptors (Lipinski definition) is 6. The van der Waals surface area contributed by atoms with E-state index in [0.717, 1.165) is 33.5 Å². The second-order valence-electron chi connectivity index (χ2n) is 6.44. The van der Waals surface area contributed by atoms with E-state index in [0.29, 0.717) is 10.9 Å². The average Bonchev–Trinajstić information content (AvgIpc) is 3.27. The van der Waals surface area contributed by atoms with Gasteiger partial charge >= 0.3 is 0 Å². The lowest BCUT2D eigenvalue weighted by Crippen LogP contribution is -2.19. The summed E-state index contributed by atoms with van der Waals surface area (Å²) in [6.07, 6.45) is 0. The molecule has 0 aliphatic rings. The Morgan fingerprint density at radius 2 is 1.81 bits per heavy atom. The first-order valence-electron chi connectivity index (χ1n) is 9.49. The average molecular weight is 449 g/mol. The molecule has 31 heavy (non-hydrogen) atoms. The quantitative estimate of drug-likeness (QED) is 0.309. The lowest BCUT2D eigenvalue weighted by molar-refractivity contribution is 0.417. The molecule has 1 heterocycles. The standard InChI is InChI=1S/C22H20N6OS2/c1-29-20-13-6-5-12-19(20)24-22(30)23-16-8-7-11-18(14-16)31-15-21-25-26-27-28(21)17-9-3-2-4-10-17/h2-14H,15H2,1H3,(H2,23,24,30). The zero-order valence-electron chi connectivity index (χ0n) is 16.7. The molecule has 0 saturated carbocycles. The molecule has 7 nitrogen and oxygen atoms in total. The number of para-hydroxylation sites is 3. The SMILES string of the molecule is COc1ccccc1NC(=S)Nc1cccc(SCc2nnnn2-c2ccccc2)c1. The third kappa shape index (κ3) is 5.39. The van der Waals surface area contributed by atoms with Crippen molar-refractivity contribution in [2.45, 2.75) is 10.6 Å². The van der Waals surface area contributed by atoms with E-state index in [1.54, 1.807) is 23.6 Å². The monoisotopic (exact) mass is 448 g/mol. The van der Waals surface area contributed by atoms with Gasteiger partial charge in [0.15, 0.2) is 10.9 Å². The van der Waals surface area contributed by atoms with E-state index in [1.807, 2.05) is 78.9 Å². The maximum Gasteiger partial charge on any atom is 0.175 e. The number of nitrogens with one attached hydrogen (secondary N) is 2. The van der Waals surface area contributed by atoms with Gasteiger partial charge in [-0.25, -0.2) is 0 Å². The topological polar surface area (TPSA) is 76.9 Å². The zero-order chi connectivity index (χ0) is 21.5. The number of thioether (sulfide) groups is 1. The van der Waals surface area contributed by atoms with Gasteiger partial charge in [0.05, 0.1) is 24.2 Å². The molecular formula is C22H20N6OS2. The zero-order valence-corrected chi connectivity index (χ0v) is 18.4. The summed E-state index contributed by atoms with van der Waals surface area (Å²) in [5.41, 5.74) is 2.63. The Morgan fingerprint density at radius 1 is 1.00 bits per heavy atom. The molecule has 4 aromatic rings. The van der Waals surface area contributed by atoms with Crippen molar-refractivity contribution in [2.75, 3.05) is 17.7 Å². The Kier molecular flexibility index (Phi) is 6.75. The molecule has 0 spiro atoms. The molecule has 3 aromatic carbocycles. The molecule has 9 heteroatoms. The fraction of sp³-hybridized carbons (Fsp3) is 0.0909. The number of methoxy groups -OCH3 is 1. The molecule has 0 bridgehead atoms. The summed E-state index contributed by atoms with van der Waals surface area (Å²) < 4.78 is 7.10. The van der Waals surface area contributed by atoms with Gasteiger partial charge in [-0.05, 0) is 65.1 Å². The minimum Gasteiger partial charge on any atom is -0.495 e. The van der Waals surface area contributed by atoms with Gasteiger partial charge in [-0.1, -0.05) is 36.4 Å². The molecular weight excluding hydrogens is 428 g/mol. The van der Waals surface area contributed by atoms with Crippen LogP contribution in [0.2, 0.25) is 0 Å². The van der Waals surface area contributed by atoms with Crippen molar-refractivity contribution in [3.63, 3.8) is 0 Å². The van der Waals surface area contributed by atoms with Crippen LogP contribution in [0.4, 0.5) is 11.4 Å². The van der Waals surface area contributed by atoms with Crippen LogP contribution in [-0.4, -0.2) is 32.4 Å². The third-order valence-electron chi connectivity index (χ3n) is 4.35. The summed E-state index contributed by atoms with van der Waals surface area (Å²) >= 11 is 7.11. The maximum absolute atomic E-state index is 5.46. The predicted octanol–water partition coefficient (Wildman–Crippen LogP) is 4.77. The number of aromatic nitrogens is 4. The number of thiocarbonyl (C=S) groups is 1. The molecule has 2 N–H and O–H groups in total. The molecule has 0 radical (unpaired) electrons. The van der Waals surface area contributed by atoms with Crippen LogP contribution in [0, 0.1) is 0 Å². The summed E-state index contributed by atoms with van der Waals surface area (Å²) in [5.74, 6) is 2.14. The summed E-state index contributed by atoms with van der Waals surface area (Å²) in [5, 5.41) is 19.0. The molecule has 1 aromatic heterocycles. The lowest BCUT2D eigenvalue weighted by Gasteiger charge is -2.13. The van der Waals surface area contributed by atoms with Gasteiger partial charge in [-0.15, -0.1) is 16.9 Å². The molecule has 0 atom stereocenters. The summed E-state index contributed by atoms with van der Waals surface area (Å²) in [6.45, 7) is 0. The number of ether oxygens (including phenoxy) is 1. The van der Waals surface area contributed by atoms with Gasteiger partial charge in [-0.2, -0.15) is 4.68 Å². The van der Waals surface area contributed by atoms with Crippen LogP contribution in [0.3, 0.4) is 0 Å². The van der Waals surface area contributed by atoms with E-state index in [4.69, 9.17) is 17.0 Å². The second kappa shape index (κ2) is 10.1. The van der Waals surface area contributed by atoms with Crippen LogP contribution in [0.25, 0.3) is 5.69 Å². The molecule has 4 rings (SSSR count). The van der Waals surface area contributed by atoms with Crippen molar-refractivity contribution in [2.24, 2.45) is 0 Å². The van der Waals surface area contributed by atoms with E-state index in [2.05, 4.69) is 26.2 Å². The van der Waals surface area contributed by atoms with E-state index in [9.17, 15) is 0 Å². The number of anilines is 2. The van der Waals surface area contributed by atoms with Gasteiger partial charge in [0, 0.05) is 10.6 Å². The smallest absolute Gasteiger partial charge is 0.175 e. The number of nitrogens with zero attached hydrogens (tertiary/aromatic N) is 4. The van der Waals surface area contributed by atoms with Crippen molar-refractivity contribution in [1.29, 1.82) is 0 Å². The molecule has 0 unspecified atom stereocenters. The van der Waals surface area contributed by atoms with E-state index in [-0.39, 0.29) is 0 Å². The van der Waals surface area contributed by atoms with E-state index in [1.165, 1.54) is 0 Å². The predicted molar refractivity (Wildman–Crippen MR) is 128 cm³/mol. The molecule has 156 valence electrons. The maximum atomic E-state index is 5.46. The molecule has 0 aliphatic carbocycles. The molecule has 0 fully saturated rings. The fourth-order valence-electron chi connectivity index (χ4n) is 2.91. The van der Waals surface area contributed by atoms with E-state index < -0.39 is 0 Å². The van der Waals surface area contributed by atoms with Gasteiger partial charge in [-0.3, -0.25) is 0 Å². The summed E-state index contributed by atoms with van der Waals surface area (Å²) in [4.78, 5) is 1.08. The highest BCUT2D eigenvalue weighted by atomic mass is 32.2. The van der Waals surface area contributed by atoms with Crippen LogP contribution in [0.15, 0.2) is 83.8 Å². The number of hydrogen-bond donors (Lipinski definition) is 2. The van der Waals surface area contributed by atoms with Crippen molar-refractivity contribution < 1.29 is 4.74 Å². The van der Waals surface area contributed by atoms with Gasteiger partial charge in [0.1, 0.15) is 5.75 Å². The van der Waals surface area contributed by atoms with Gasteiger partial charge in [0.25, 0.3) is 0 Å². The minimum absolute atomic E-state index is 0.486. The first-order chi connectivity index (χ1) is 15.2. The molecule has 0 aliphatic heterocycles. The molecule has 0 saturated heterocycles. The van der Waals surface area contributed by atoms with Crippen molar-refractivity contribution in [3.05, 3.63) is 84.7 Å². The van der Waals surface area contributed by atoms with Crippen LogP contribution in [0.1, 0.15) is 5.82 Å².